The molecule has 1 aromatic rings. The number of fused-ring (bicyclic) bond motifs is 1. The molecule has 0 heterocycles. The van der Waals surface area contributed by atoms with Crippen molar-refractivity contribution in [2.24, 2.45) is 0 Å². The molecule has 0 radical (unpaired) electrons. The van der Waals surface area contributed by atoms with E-state index in [-0.39, 0.29) is 6.61 Å². The van der Waals surface area contributed by atoms with Gasteiger partial charge in [-0.25, -0.2) is 0 Å². The molecule has 1 atom stereocenters. The molecule has 2 rings (SSSR count). The van der Waals surface area contributed by atoms with E-state index in [2.05, 4.69) is 11.4 Å². The zero-order valence-corrected chi connectivity index (χ0v) is 10.6. The molecule has 0 saturated heterocycles. The normalized spacial score (nSPS) is 21.4. The summed E-state index contributed by atoms with van der Waals surface area (Å²) >= 11 is 0. The molecule has 1 aliphatic rings. The molecule has 2 N–H and O–H groups in total. The first kappa shape index (κ1) is 12.9. The summed E-state index contributed by atoms with van der Waals surface area (Å²) in [5.74, 6) is 0.777. The standard InChI is InChI=1S/C14H18N2O2/c1-18-12-4-3-11-5-6-14(10-15,13(11)9-12)16-7-2-8-17/h3-4,9,16-17H,2,5-8H2,1H3. The lowest BCUT2D eigenvalue weighted by atomic mass is 9.93. The summed E-state index contributed by atoms with van der Waals surface area (Å²) in [6.45, 7) is 0.778. The minimum Gasteiger partial charge on any atom is -0.497 e. The number of hydrogen-bond acceptors (Lipinski definition) is 4. The van der Waals surface area contributed by atoms with Crippen LogP contribution in [0.4, 0.5) is 0 Å². The van der Waals surface area contributed by atoms with Gasteiger partial charge in [0.15, 0.2) is 0 Å². The van der Waals surface area contributed by atoms with E-state index >= 15 is 0 Å². The van der Waals surface area contributed by atoms with Gasteiger partial charge in [0.05, 0.1) is 13.2 Å². The van der Waals surface area contributed by atoms with E-state index < -0.39 is 5.54 Å². The van der Waals surface area contributed by atoms with Crippen molar-refractivity contribution in [1.82, 2.24) is 5.32 Å². The Labute approximate surface area is 107 Å². The molecular formula is C14H18N2O2. The molecule has 0 saturated carbocycles. The summed E-state index contributed by atoms with van der Waals surface area (Å²) in [4.78, 5) is 0. The van der Waals surface area contributed by atoms with Crippen LogP contribution in [0.5, 0.6) is 5.75 Å². The van der Waals surface area contributed by atoms with Gasteiger partial charge in [0.2, 0.25) is 0 Å². The molecule has 0 aliphatic heterocycles. The van der Waals surface area contributed by atoms with Crippen molar-refractivity contribution in [3.8, 4) is 11.8 Å². The predicted molar refractivity (Wildman–Crippen MR) is 68.3 cm³/mol. The minimum atomic E-state index is -0.626. The maximum atomic E-state index is 9.51. The fourth-order valence-corrected chi connectivity index (χ4v) is 2.47. The quantitative estimate of drug-likeness (QED) is 0.769. The van der Waals surface area contributed by atoms with Crippen LogP contribution in [-0.2, 0) is 12.0 Å². The van der Waals surface area contributed by atoms with E-state index in [0.29, 0.717) is 13.0 Å². The smallest absolute Gasteiger partial charge is 0.133 e. The Bertz CT molecular complexity index is 467. The lowest BCUT2D eigenvalue weighted by Crippen LogP contribution is -2.40. The molecule has 4 nitrogen and oxygen atoms in total. The first-order chi connectivity index (χ1) is 8.75. The number of hydrogen-bond donors (Lipinski definition) is 2. The van der Waals surface area contributed by atoms with Gasteiger partial charge in [0.1, 0.15) is 11.3 Å². The Balaban J connectivity index is 2.28. The van der Waals surface area contributed by atoms with Gasteiger partial charge in [-0.1, -0.05) is 6.07 Å². The third-order valence-electron chi connectivity index (χ3n) is 3.50. The van der Waals surface area contributed by atoms with Gasteiger partial charge in [-0.05, 0) is 49.1 Å². The van der Waals surface area contributed by atoms with Gasteiger partial charge in [-0.2, -0.15) is 5.26 Å². The molecular weight excluding hydrogens is 228 g/mol. The number of nitrogens with zero attached hydrogens (tertiary/aromatic N) is 1. The van der Waals surface area contributed by atoms with Crippen LogP contribution < -0.4 is 10.1 Å². The fraction of sp³-hybridized carbons (Fsp3) is 0.500. The molecule has 1 unspecified atom stereocenters. The Morgan fingerprint density at radius 2 is 2.39 bits per heavy atom. The van der Waals surface area contributed by atoms with Gasteiger partial charge in [0.25, 0.3) is 0 Å². The number of ether oxygens (including phenoxy) is 1. The average molecular weight is 246 g/mol. The van der Waals surface area contributed by atoms with Gasteiger partial charge in [-0.3, -0.25) is 5.32 Å². The maximum Gasteiger partial charge on any atom is 0.133 e. The molecule has 0 aromatic heterocycles. The Kier molecular flexibility index (Phi) is 3.85. The van der Waals surface area contributed by atoms with Gasteiger partial charge >= 0.3 is 0 Å². The van der Waals surface area contributed by atoms with Crippen molar-refractivity contribution in [2.75, 3.05) is 20.3 Å². The van der Waals surface area contributed by atoms with Crippen LogP contribution in [-0.4, -0.2) is 25.4 Å². The third-order valence-corrected chi connectivity index (χ3v) is 3.50. The number of aryl methyl sites for hydroxylation is 1. The Morgan fingerprint density at radius 1 is 1.56 bits per heavy atom. The summed E-state index contributed by atoms with van der Waals surface area (Å²) in [5.41, 5.74) is 1.59. The van der Waals surface area contributed by atoms with E-state index in [0.717, 1.165) is 24.2 Å². The topological polar surface area (TPSA) is 65.3 Å². The summed E-state index contributed by atoms with van der Waals surface area (Å²) in [5, 5.41) is 21.6. The van der Waals surface area contributed by atoms with Crippen molar-refractivity contribution >= 4 is 0 Å². The number of nitriles is 1. The van der Waals surface area contributed by atoms with Crippen molar-refractivity contribution in [1.29, 1.82) is 5.26 Å². The average Bonchev–Trinajstić information content (AvgIpc) is 2.78. The second-order valence-electron chi connectivity index (χ2n) is 4.54. The predicted octanol–water partition coefficient (Wildman–Crippen LogP) is 1.33. The molecule has 96 valence electrons. The first-order valence-corrected chi connectivity index (χ1v) is 6.20. The highest BCUT2D eigenvalue weighted by atomic mass is 16.5. The molecule has 1 aromatic carbocycles. The number of benzene rings is 1. The molecule has 18 heavy (non-hydrogen) atoms. The van der Waals surface area contributed by atoms with Crippen molar-refractivity contribution < 1.29 is 9.84 Å². The number of aliphatic hydroxyl groups excluding tert-OH is 1. The van der Waals surface area contributed by atoms with Crippen molar-refractivity contribution in [2.45, 2.75) is 24.8 Å². The number of aliphatic hydroxyl groups is 1. The van der Waals surface area contributed by atoms with E-state index in [1.54, 1.807) is 7.11 Å². The SMILES string of the molecule is COc1ccc2c(c1)C(C#N)(NCCCO)CC2. The highest BCUT2D eigenvalue weighted by molar-refractivity contribution is 5.47. The Morgan fingerprint density at radius 3 is 3.06 bits per heavy atom. The number of methoxy groups -OCH3 is 1. The maximum absolute atomic E-state index is 9.51. The number of rotatable bonds is 5. The summed E-state index contributed by atoms with van der Waals surface area (Å²) in [6.07, 6.45) is 2.33. The minimum absolute atomic E-state index is 0.138. The molecule has 0 amide bonds. The van der Waals surface area contributed by atoms with Crippen LogP contribution in [0.1, 0.15) is 24.0 Å². The van der Waals surface area contributed by atoms with E-state index in [9.17, 15) is 5.26 Å². The van der Waals surface area contributed by atoms with Crippen LogP contribution in [0, 0.1) is 11.3 Å². The van der Waals surface area contributed by atoms with Gasteiger partial charge in [-0.15, -0.1) is 0 Å². The van der Waals surface area contributed by atoms with E-state index in [1.165, 1.54) is 5.56 Å². The summed E-state index contributed by atoms with van der Waals surface area (Å²) in [6, 6.07) is 8.30. The molecule has 0 bridgehead atoms. The van der Waals surface area contributed by atoms with Gasteiger partial charge < -0.3 is 9.84 Å². The Hall–Kier alpha value is -1.57. The van der Waals surface area contributed by atoms with Crippen LogP contribution in [0.15, 0.2) is 18.2 Å². The van der Waals surface area contributed by atoms with Crippen LogP contribution >= 0.6 is 0 Å². The van der Waals surface area contributed by atoms with E-state index in [4.69, 9.17) is 9.84 Å². The van der Waals surface area contributed by atoms with Crippen LogP contribution in [0.2, 0.25) is 0 Å². The fourth-order valence-electron chi connectivity index (χ4n) is 2.47. The summed E-state index contributed by atoms with van der Waals surface area (Å²) < 4.78 is 5.23. The lowest BCUT2D eigenvalue weighted by molar-refractivity contribution is 0.277. The van der Waals surface area contributed by atoms with Crippen molar-refractivity contribution in [3.63, 3.8) is 0 Å². The van der Waals surface area contributed by atoms with E-state index in [1.807, 2.05) is 18.2 Å². The third kappa shape index (κ3) is 2.20. The largest absolute Gasteiger partial charge is 0.497 e. The molecule has 0 spiro atoms. The van der Waals surface area contributed by atoms with Crippen LogP contribution in [0.3, 0.4) is 0 Å². The highest BCUT2D eigenvalue weighted by Crippen LogP contribution is 2.38. The van der Waals surface area contributed by atoms with Crippen molar-refractivity contribution in [3.05, 3.63) is 29.3 Å². The second kappa shape index (κ2) is 5.38. The first-order valence-electron chi connectivity index (χ1n) is 6.20. The molecule has 1 aliphatic carbocycles. The zero-order chi connectivity index (χ0) is 13.0. The molecule has 4 heteroatoms. The summed E-state index contributed by atoms with van der Waals surface area (Å²) in [7, 11) is 1.63. The van der Waals surface area contributed by atoms with Crippen LogP contribution in [0.25, 0.3) is 0 Å². The second-order valence-corrected chi connectivity index (χ2v) is 4.54. The number of nitrogens with one attached hydrogen (secondary N) is 1. The lowest BCUT2D eigenvalue weighted by Gasteiger charge is -2.24. The monoisotopic (exact) mass is 246 g/mol. The van der Waals surface area contributed by atoms with Gasteiger partial charge in [0, 0.05) is 6.61 Å². The highest BCUT2D eigenvalue weighted by Gasteiger charge is 2.38. The zero-order valence-electron chi connectivity index (χ0n) is 10.6. The molecule has 0 fully saturated rings.